The quantitative estimate of drug-likeness (QED) is 0.885. The van der Waals surface area contributed by atoms with E-state index in [1.807, 2.05) is 6.07 Å². The van der Waals surface area contributed by atoms with Crippen LogP contribution in [0.5, 0.6) is 0 Å². The van der Waals surface area contributed by atoms with Crippen molar-refractivity contribution in [3.8, 4) is 0 Å². The molecule has 0 saturated heterocycles. The number of halogens is 2. The van der Waals surface area contributed by atoms with Crippen LogP contribution in [0.1, 0.15) is 18.4 Å². The first-order chi connectivity index (χ1) is 7.03. The highest BCUT2D eigenvalue weighted by Crippen LogP contribution is 2.48. The minimum Gasteiger partial charge on any atom is -0.481 e. The third kappa shape index (κ3) is 2.11. The molecule has 1 aliphatic rings. The van der Waals surface area contributed by atoms with Gasteiger partial charge in [-0.3, -0.25) is 4.79 Å². The van der Waals surface area contributed by atoms with Crippen LogP contribution in [0.2, 0.25) is 10.0 Å². The van der Waals surface area contributed by atoms with Crippen LogP contribution < -0.4 is 0 Å². The molecule has 4 heteroatoms. The smallest absolute Gasteiger partial charge is 0.309 e. The fourth-order valence-corrected chi connectivity index (χ4v) is 1.98. The average molecular weight is 245 g/mol. The van der Waals surface area contributed by atoms with Crippen LogP contribution in [-0.4, -0.2) is 11.1 Å². The number of hydrogen-bond acceptors (Lipinski definition) is 1. The van der Waals surface area contributed by atoms with Crippen molar-refractivity contribution in [2.45, 2.75) is 19.3 Å². The highest BCUT2D eigenvalue weighted by molar-refractivity contribution is 6.42. The topological polar surface area (TPSA) is 37.3 Å². The van der Waals surface area contributed by atoms with Crippen LogP contribution in [0.15, 0.2) is 18.2 Å². The molecule has 1 fully saturated rings. The van der Waals surface area contributed by atoms with E-state index < -0.39 is 11.4 Å². The number of benzene rings is 1. The maximum Gasteiger partial charge on any atom is 0.309 e. The molecule has 0 aromatic heterocycles. The van der Waals surface area contributed by atoms with Gasteiger partial charge in [-0.1, -0.05) is 29.3 Å². The zero-order chi connectivity index (χ0) is 11.1. The Morgan fingerprint density at radius 3 is 2.47 bits per heavy atom. The predicted molar refractivity (Wildman–Crippen MR) is 59.5 cm³/mol. The van der Waals surface area contributed by atoms with E-state index in [0.717, 1.165) is 18.4 Å². The Morgan fingerprint density at radius 2 is 2.00 bits per heavy atom. The number of hydrogen-bond donors (Lipinski definition) is 1. The lowest BCUT2D eigenvalue weighted by Gasteiger charge is -2.09. The Labute approximate surface area is 97.8 Å². The molecular formula is C11H10Cl2O2. The van der Waals surface area contributed by atoms with Gasteiger partial charge in [-0.15, -0.1) is 0 Å². The molecule has 1 aliphatic carbocycles. The van der Waals surface area contributed by atoms with Gasteiger partial charge in [-0.25, -0.2) is 0 Å². The van der Waals surface area contributed by atoms with Gasteiger partial charge in [0.25, 0.3) is 0 Å². The van der Waals surface area contributed by atoms with E-state index in [1.165, 1.54) is 0 Å². The number of carboxylic acids is 1. The lowest BCUT2D eigenvalue weighted by molar-refractivity contribution is -0.143. The summed E-state index contributed by atoms with van der Waals surface area (Å²) in [7, 11) is 0. The summed E-state index contributed by atoms with van der Waals surface area (Å²) in [6.07, 6.45) is 2.05. The van der Waals surface area contributed by atoms with Crippen molar-refractivity contribution in [1.29, 1.82) is 0 Å². The third-order valence-electron chi connectivity index (χ3n) is 2.83. The van der Waals surface area contributed by atoms with Crippen molar-refractivity contribution in [2.24, 2.45) is 5.41 Å². The summed E-state index contributed by atoms with van der Waals surface area (Å²) < 4.78 is 0. The van der Waals surface area contributed by atoms with Crippen molar-refractivity contribution >= 4 is 29.2 Å². The van der Waals surface area contributed by atoms with Crippen molar-refractivity contribution in [3.63, 3.8) is 0 Å². The van der Waals surface area contributed by atoms with E-state index in [1.54, 1.807) is 12.1 Å². The molecule has 15 heavy (non-hydrogen) atoms. The largest absolute Gasteiger partial charge is 0.481 e. The number of rotatable bonds is 3. The van der Waals surface area contributed by atoms with Crippen molar-refractivity contribution < 1.29 is 9.90 Å². The molecule has 0 bridgehead atoms. The molecule has 0 amide bonds. The van der Waals surface area contributed by atoms with Crippen LogP contribution in [0, 0.1) is 5.41 Å². The van der Waals surface area contributed by atoms with Gasteiger partial charge in [0.15, 0.2) is 0 Å². The molecule has 0 heterocycles. The van der Waals surface area contributed by atoms with Gasteiger partial charge >= 0.3 is 5.97 Å². The second kappa shape index (κ2) is 3.69. The summed E-state index contributed by atoms with van der Waals surface area (Å²) in [5.74, 6) is -0.714. The van der Waals surface area contributed by atoms with Crippen molar-refractivity contribution in [2.75, 3.05) is 0 Å². The molecule has 0 unspecified atom stereocenters. The van der Waals surface area contributed by atoms with Gasteiger partial charge in [0.1, 0.15) is 0 Å². The first kappa shape index (κ1) is 10.8. The normalized spacial score (nSPS) is 17.5. The highest BCUT2D eigenvalue weighted by Gasteiger charge is 2.49. The Balaban J connectivity index is 2.18. The molecule has 0 spiro atoms. The first-order valence-electron chi connectivity index (χ1n) is 4.71. The molecule has 2 nitrogen and oxygen atoms in total. The van der Waals surface area contributed by atoms with Crippen LogP contribution in [0.4, 0.5) is 0 Å². The Kier molecular flexibility index (Phi) is 2.65. The summed E-state index contributed by atoms with van der Waals surface area (Å²) in [5, 5.41) is 10.0. The Bertz CT molecular complexity index is 411. The molecule has 80 valence electrons. The first-order valence-corrected chi connectivity index (χ1v) is 5.46. The van der Waals surface area contributed by atoms with E-state index in [0.29, 0.717) is 16.5 Å². The van der Waals surface area contributed by atoms with Crippen LogP contribution >= 0.6 is 23.2 Å². The number of aliphatic carboxylic acids is 1. The number of carboxylic acid groups (broad SMARTS) is 1. The highest BCUT2D eigenvalue weighted by atomic mass is 35.5. The average Bonchev–Trinajstić information content (AvgIpc) is 2.93. The van der Waals surface area contributed by atoms with E-state index in [4.69, 9.17) is 28.3 Å². The van der Waals surface area contributed by atoms with Crippen molar-refractivity contribution in [1.82, 2.24) is 0 Å². The second-order valence-corrected chi connectivity index (χ2v) is 4.83. The summed E-state index contributed by atoms with van der Waals surface area (Å²) in [4.78, 5) is 11.0. The fourth-order valence-electron chi connectivity index (χ4n) is 1.66. The zero-order valence-corrected chi connectivity index (χ0v) is 9.48. The molecule has 1 aromatic rings. The summed E-state index contributed by atoms with van der Waals surface area (Å²) in [6, 6.07) is 5.28. The van der Waals surface area contributed by atoms with E-state index >= 15 is 0 Å². The molecule has 2 rings (SSSR count). The zero-order valence-electron chi connectivity index (χ0n) is 7.96. The van der Waals surface area contributed by atoms with Gasteiger partial charge in [0, 0.05) is 0 Å². The van der Waals surface area contributed by atoms with E-state index in [-0.39, 0.29) is 0 Å². The van der Waals surface area contributed by atoms with Crippen molar-refractivity contribution in [3.05, 3.63) is 33.8 Å². The van der Waals surface area contributed by atoms with Gasteiger partial charge in [-0.05, 0) is 37.0 Å². The second-order valence-electron chi connectivity index (χ2n) is 4.01. The number of carbonyl (C=O) groups is 1. The maximum absolute atomic E-state index is 11.0. The molecule has 0 radical (unpaired) electrons. The summed E-state index contributed by atoms with van der Waals surface area (Å²) in [5.41, 5.74) is 0.390. The van der Waals surface area contributed by atoms with Gasteiger partial charge in [-0.2, -0.15) is 0 Å². The molecule has 1 saturated carbocycles. The maximum atomic E-state index is 11.0. The minimum atomic E-state index is -0.714. The van der Waals surface area contributed by atoms with Gasteiger partial charge in [0.05, 0.1) is 15.5 Å². The Hall–Kier alpha value is -0.730. The van der Waals surface area contributed by atoms with E-state index in [9.17, 15) is 4.79 Å². The standard InChI is InChI=1S/C11H10Cl2O2/c12-8-2-1-7(5-9(8)13)6-11(3-4-11)10(14)15/h1-2,5H,3-4,6H2,(H,14,15). The SMILES string of the molecule is O=C(O)C1(Cc2ccc(Cl)c(Cl)c2)CC1. The van der Waals surface area contributed by atoms with E-state index in [2.05, 4.69) is 0 Å². The molecule has 0 aliphatic heterocycles. The van der Waals surface area contributed by atoms with Crippen LogP contribution in [-0.2, 0) is 11.2 Å². The van der Waals surface area contributed by atoms with Crippen LogP contribution in [0.3, 0.4) is 0 Å². The van der Waals surface area contributed by atoms with Gasteiger partial charge < -0.3 is 5.11 Å². The minimum absolute atomic E-state index is 0.482. The lowest BCUT2D eigenvalue weighted by Crippen LogP contribution is -2.17. The fraction of sp³-hybridized carbons (Fsp3) is 0.364. The molecule has 0 atom stereocenters. The molecular weight excluding hydrogens is 235 g/mol. The monoisotopic (exact) mass is 244 g/mol. The Morgan fingerprint density at radius 1 is 1.33 bits per heavy atom. The summed E-state index contributed by atoms with van der Waals surface area (Å²) in [6.45, 7) is 0. The third-order valence-corrected chi connectivity index (χ3v) is 3.57. The van der Waals surface area contributed by atoms with Gasteiger partial charge in [0.2, 0.25) is 0 Å². The lowest BCUT2D eigenvalue weighted by atomic mass is 9.97. The molecule has 1 aromatic carbocycles. The predicted octanol–water partition coefficient (Wildman–Crippen LogP) is 3.40. The van der Waals surface area contributed by atoms with Crippen LogP contribution in [0.25, 0.3) is 0 Å². The molecule has 1 N–H and O–H groups in total. The summed E-state index contributed by atoms with van der Waals surface area (Å²) >= 11 is 11.6.